The van der Waals surface area contributed by atoms with Crippen LogP contribution < -0.4 is 34.2 Å². The van der Waals surface area contributed by atoms with Crippen LogP contribution in [0.2, 0.25) is 0 Å². The van der Waals surface area contributed by atoms with Gasteiger partial charge in [0.15, 0.2) is 0 Å². The third-order valence-electron chi connectivity index (χ3n) is 6.72. The molecule has 1 unspecified atom stereocenters. The zero-order valence-corrected chi connectivity index (χ0v) is 24.4. The third-order valence-corrected chi connectivity index (χ3v) is 7.37. The largest absolute Gasteiger partial charge is 1.00 e. The van der Waals surface area contributed by atoms with E-state index in [0.29, 0.717) is 30.0 Å². The number of para-hydroxylation sites is 1. The van der Waals surface area contributed by atoms with Gasteiger partial charge in [-0.25, -0.2) is 4.39 Å². The smallest absolute Gasteiger partial charge is 0.548 e. The van der Waals surface area contributed by atoms with E-state index in [-0.39, 0.29) is 31.1 Å². The predicted molar refractivity (Wildman–Crippen MR) is 159 cm³/mol. The fourth-order valence-corrected chi connectivity index (χ4v) is 5.13. The molecule has 0 saturated carbocycles. The van der Waals surface area contributed by atoms with Gasteiger partial charge in [-0.2, -0.15) is 11.8 Å². The molecular weight excluding hydrogens is 530 g/mol. The van der Waals surface area contributed by atoms with E-state index in [1.165, 1.54) is 23.9 Å². The fraction of sp³-hybridized carbons (Fsp3) is 0.212. The molecule has 0 saturated heterocycles. The van der Waals surface area contributed by atoms with Gasteiger partial charge in [-0.3, -0.25) is 4.79 Å². The number of aryl methyl sites for hydroxylation is 1. The number of rotatable bonds is 12. The number of hydrogen-bond acceptors (Lipinski definition) is 5. The van der Waals surface area contributed by atoms with Crippen LogP contribution in [-0.2, 0) is 17.9 Å². The molecule has 206 valence electrons. The van der Waals surface area contributed by atoms with E-state index in [2.05, 4.69) is 10.2 Å². The zero-order chi connectivity index (χ0) is 28.5. The number of nitrogens with zero attached hydrogens (tertiary/aromatic N) is 1. The molecule has 41 heavy (non-hydrogen) atoms. The minimum Gasteiger partial charge on any atom is -0.548 e. The van der Waals surface area contributed by atoms with Crippen molar-refractivity contribution in [3.63, 3.8) is 0 Å². The van der Waals surface area contributed by atoms with E-state index in [9.17, 15) is 19.1 Å². The van der Waals surface area contributed by atoms with Crippen molar-refractivity contribution < 1.29 is 37.9 Å². The van der Waals surface area contributed by atoms with Gasteiger partial charge >= 0.3 is 18.9 Å². The first kappa shape index (κ1) is 32.0. The number of carboxylic acids is 1. The standard InChI is InChI=1S/C33H33FN2O3S.Li/c1-23-9-6-7-14-28(23)30-20-25(15-16-29(30)32(37)35-31(33(38)39)17-18-40-2)22-36(27-12-4-3-5-13-27)21-24-10-8-11-26(34)19-24;/h3-16,19-20,31H,17-18,21-22H2,1-2H3,(H,35,37)(H,38,39);/q;+1/p-1. The van der Waals surface area contributed by atoms with Crippen molar-refractivity contribution in [3.05, 3.63) is 125 Å². The summed E-state index contributed by atoms with van der Waals surface area (Å²) in [5.74, 6) is -1.45. The van der Waals surface area contributed by atoms with Crippen LogP contribution in [0.3, 0.4) is 0 Å². The minimum atomic E-state index is -1.30. The van der Waals surface area contributed by atoms with Gasteiger partial charge in [0.05, 0.1) is 12.0 Å². The van der Waals surface area contributed by atoms with Gasteiger partial charge in [0.2, 0.25) is 0 Å². The van der Waals surface area contributed by atoms with Crippen LogP contribution in [0.1, 0.15) is 33.5 Å². The topological polar surface area (TPSA) is 72.5 Å². The first-order valence-electron chi connectivity index (χ1n) is 13.1. The molecular formula is C33H32FLiN2O3S. The Hall–Kier alpha value is -3.50. The number of nitrogens with one attached hydrogen (secondary N) is 1. The average Bonchev–Trinajstić information content (AvgIpc) is 2.95. The maximum atomic E-state index is 14.0. The summed E-state index contributed by atoms with van der Waals surface area (Å²) in [5.41, 5.74) is 5.77. The summed E-state index contributed by atoms with van der Waals surface area (Å²) in [5, 5.41) is 14.4. The molecule has 0 aromatic heterocycles. The molecule has 1 atom stereocenters. The summed E-state index contributed by atoms with van der Waals surface area (Å²) < 4.78 is 14.0. The van der Waals surface area contributed by atoms with E-state index in [0.717, 1.165) is 27.9 Å². The summed E-state index contributed by atoms with van der Waals surface area (Å²) in [7, 11) is 0. The zero-order valence-electron chi connectivity index (χ0n) is 23.6. The number of thioether (sulfide) groups is 1. The van der Waals surface area contributed by atoms with Gasteiger partial charge in [-0.15, -0.1) is 0 Å². The molecule has 0 bridgehead atoms. The molecule has 0 spiro atoms. The third kappa shape index (κ3) is 8.74. The summed E-state index contributed by atoms with van der Waals surface area (Å²) >= 11 is 1.51. The molecule has 4 aromatic carbocycles. The van der Waals surface area contributed by atoms with E-state index < -0.39 is 17.9 Å². The second-order valence-corrected chi connectivity index (χ2v) is 10.6. The van der Waals surface area contributed by atoms with Crippen LogP contribution in [0.5, 0.6) is 0 Å². The van der Waals surface area contributed by atoms with Crippen LogP contribution in [0.25, 0.3) is 11.1 Å². The first-order valence-corrected chi connectivity index (χ1v) is 14.5. The second kappa shape index (κ2) is 15.5. The van der Waals surface area contributed by atoms with Crippen LogP contribution in [-0.4, -0.2) is 29.9 Å². The number of hydrogen-bond donors (Lipinski definition) is 1. The maximum absolute atomic E-state index is 14.0. The van der Waals surface area contributed by atoms with E-state index in [1.807, 2.05) is 86.0 Å². The molecule has 0 aliphatic heterocycles. The Morgan fingerprint density at radius 1 is 0.878 bits per heavy atom. The minimum absolute atomic E-state index is 0. The van der Waals surface area contributed by atoms with Crippen LogP contribution in [0.15, 0.2) is 97.1 Å². The van der Waals surface area contributed by atoms with Crippen LogP contribution in [0, 0.1) is 12.7 Å². The van der Waals surface area contributed by atoms with Crippen molar-refractivity contribution in [3.8, 4) is 11.1 Å². The first-order chi connectivity index (χ1) is 19.4. The van der Waals surface area contributed by atoms with Crippen molar-refractivity contribution in [1.82, 2.24) is 5.32 Å². The van der Waals surface area contributed by atoms with Crippen molar-refractivity contribution in [1.29, 1.82) is 0 Å². The second-order valence-electron chi connectivity index (χ2n) is 9.64. The quantitative estimate of drug-likeness (QED) is 0.269. The van der Waals surface area contributed by atoms with E-state index in [1.54, 1.807) is 12.1 Å². The maximum Gasteiger partial charge on any atom is 1.00 e. The van der Waals surface area contributed by atoms with Crippen LogP contribution >= 0.6 is 11.8 Å². The van der Waals surface area contributed by atoms with E-state index >= 15 is 0 Å². The molecule has 0 aliphatic carbocycles. The monoisotopic (exact) mass is 562 g/mol. The number of anilines is 1. The van der Waals surface area contributed by atoms with Gasteiger partial charge in [-0.05, 0) is 89.6 Å². The summed E-state index contributed by atoms with van der Waals surface area (Å²) in [4.78, 5) is 27.3. The van der Waals surface area contributed by atoms with Gasteiger partial charge in [0.1, 0.15) is 5.82 Å². The Morgan fingerprint density at radius 3 is 2.22 bits per heavy atom. The summed E-state index contributed by atoms with van der Waals surface area (Å²) in [6, 6.07) is 28.8. The molecule has 0 aliphatic rings. The van der Waals surface area contributed by atoms with Gasteiger partial charge in [0, 0.05) is 24.3 Å². The molecule has 0 radical (unpaired) electrons. The Kier molecular flexibility index (Phi) is 12.1. The summed E-state index contributed by atoms with van der Waals surface area (Å²) in [6.45, 7) is 2.98. The van der Waals surface area contributed by atoms with Gasteiger partial charge in [-0.1, -0.05) is 60.7 Å². The number of carbonyl (C=O) groups excluding carboxylic acids is 2. The Bertz CT molecular complexity index is 1470. The van der Waals surface area contributed by atoms with Crippen LogP contribution in [0.4, 0.5) is 10.1 Å². The SMILES string of the molecule is CSCCC(NC(=O)c1ccc(CN(Cc2cccc(F)c2)c2ccccc2)cc1-c1ccccc1C)C(=O)[O-].[Li+]. The normalized spacial score (nSPS) is 11.3. The van der Waals surface area contributed by atoms with Gasteiger partial charge in [0.25, 0.3) is 5.91 Å². The van der Waals surface area contributed by atoms with Crippen molar-refractivity contribution in [2.75, 3.05) is 16.9 Å². The molecule has 1 amide bonds. The molecule has 5 nitrogen and oxygen atoms in total. The van der Waals surface area contributed by atoms with Crippen molar-refractivity contribution in [2.24, 2.45) is 0 Å². The molecule has 0 fully saturated rings. The number of carboxylic acid groups (broad SMARTS) is 1. The van der Waals surface area contributed by atoms with Crippen molar-refractivity contribution >= 4 is 29.3 Å². The summed E-state index contributed by atoms with van der Waals surface area (Å²) in [6.07, 6.45) is 2.16. The number of aliphatic carboxylic acids is 1. The number of carbonyl (C=O) groups is 2. The number of benzene rings is 4. The molecule has 0 heterocycles. The Morgan fingerprint density at radius 2 is 1.56 bits per heavy atom. The number of halogens is 1. The number of amides is 1. The molecule has 4 aromatic rings. The molecule has 4 rings (SSSR count). The Balaban J connectivity index is 0.00000462. The van der Waals surface area contributed by atoms with Gasteiger partial charge < -0.3 is 20.1 Å². The fourth-order valence-electron chi connectivity index (χ4n) is 4.66. The predicted octanol–water partition coefficient (Wildman–Crippen LogP) is 2.61. The Labute approximate surface area is 257 Å². The van der Waals surface area contributed by atoms with E-state index in [4.69, 9.17) is 0 Å². The molecule has 1 N–H and O–H groups in total. The van der Waals surface area contributed by atoms with Crippen molar-refractivity contribution in [2.45, 2.75) is 32.5 Å². The molecule has 8 heteroatoms. The average molecular weight is 563 g/mol.